The zero-order valence-electron chi connectivity index (χ0n) is 18.5. The van der Waals surface area contributed by atoms with E-state index in [1.165, 1.54) is 12.3 Å². The van der Waals surface area contributed by atoms with Crippen molar-refractivity contribution in [2.75, 3.05) is 10.6 Å². The van der Waals surface area contributed by atoms with Gasteiger partial charge in [0.25, 0.3) is 5.91 Å². The minimum absolute atomic E-state index is 0.121. The normalized spacial score (nSPS) is 17.4. The Bertz CT molecular complexity index is 1400. The van der Waals surface area contributed by atoms with E-state index in [2.05, 4.69) is 20.8 Å². The number of fused-ring (bicyclic) bond motifs is 1. The molecule has 0 saturated heterocycles. The third-order valence-corrected chi connectivity index (χ3v) is 6.45. The minimum Gasteiger partial charge on any atom is -0.363 e. The van der Waals surface area contributed by atoms with Crippen LogP contribution in [0, 0.1) is 0 Å². The Morgan fingerprint density at radius 2 is 1.92 bits per heavy atom. The molecule has 1 aliphatic heterocycles. The highest BCUT2D eigenvalue weighted by Crippen LogP contribution is 2.43. The second-order valence-corrected chi connectivity index (χ2v) is 9.22. The number of benzene rings is 2. The number of anilines is 2. The first-order chi connectivity index (χ1) is 17.2. The van der Waals surface area contributed by atoms with Crippen LogP contribution >= 0.6 is 23.2 Å². The van der Waals surface area contributed by atoms with Crippen molar-refractivity contribution in [2.24, 2.45) is 0 Å². The van der Waals surface area contributed by atoms with Gasteiger partial charge in [0, 0.05) is 28.7 Å². The molecule has 0 radical (unpaired) electrons. The van der Waals surface area contributed by atoms with Gasteiger partial charge in [-0.05, 0) is 23.3 Å². The van der Waals surface area contributed by atoms with Crippen molar-refractivity contribution < 1.29 is 18.0 Å². The summed E-state index contributed by atoms with van der Waals surface area (Å²) in [6.45, 7) is 0.336. The van der Waals surface area contributed by atoms with E-state index in [0.717, 1.165) is 15.8 Å². The molecule has 36 heavy (non-hydrogen) atoms. The van der Waals surface area contributed by atoms with Crippen LogP contribution in [0.5, 0.6) is 0 Å². The quantitative estimate of drug-likeness (QED) is 0.313. The van der Waals surface area contributed by atoms with Crippen LogP contribution in [-0.2, 0) is 6.54 Å². The Morgan fingerprint density at radius 3 is 2.64 bits per heavy atom. The van der Waals surface area contributed by atoms with Crippen molar-refractivity contribution in [1.82, 2.24) is 19.6 Å². The Hall–Kier alpha value is -3.50. The van der Waals surface area contributed by atoms with E-state index >= 15 is 0 Å². The van der Waals surface area contributed by atoms with Crippen molar-refractivity contribution in [3.63, 3.8) is 0 Å². The van der Waals surface area contributed by atoms with Gasteiger partial charge in [-0.25, -0.2) is 4.68 Å². The number of rotatable bonds is 5. The average molecular weight is 535 g/mol. The number of amides is 1. The number of nitrogens with one attached hydrogen (secondary N) is 2. The zero-order valence-corrected chi connectivity index (χ0v) is 20.0. The standard InChI is InChI=1S/C24H19Cl2F3N6O/c25-16-7-6-15(18(26)8-16)12-34-13-17(11-30-34)31-23(36)20-10-22-32-19(14-4-2-1-3-5-14)9-21(24(27,28)29)35(22)33-20/h1-8,10-11,13,19,21,32H,9,12H2,(H,31,36)/t19-,21-/m0/s1. The Balaban J connectivity index is 1.34. The molecule has 2 aromatic heterocycles. The maximum Gasteiger partial charge on any atom is 0.410 e. The molecule has 2 N–H and O–H groups in total. The molecule has 0 spiro atoms. The van der Waals surface area contributed by atoms with Gasteiger partial charge in [0.05, 0.1) is 24.5 Å². The lowest BCUT2D eigenvalue weighted by atomic mass is 9.97. The van der Waals surface area contributed by atoms with E-state index < -0.39 is 24.2 Å². The summed E-state index contributed by atoms with van der Waals surface area (Å²) >= 11 is 12.1. The summed E-state index contributed by atoms with van der Waals surface area (Å²) in [4.78, 5) is 12.8. The molecule has 1 aliphatic rings. The summed E-state index contributed by atoms with van der Waals surface area (Å²) in [7, 11) is 0. The first-order valence-electron chi connectivity index (χ1n) is 10.9. The van der Waals surface area contributed by atoms with Crippen molar-refractivity contribution in [1.29, 1.82) is 0 Å². The SMILES string of the molecule is O=C(Nc1cnn(Cc2ccc(Cl)cc2Cl)c1)c1cc2n(n1)[C@H](C(F)(F)F)C[C@@H](c1ccccc1)N2. The Labute approximate surface area is 213 Å². The van der Waals surface area contributed by atoms with Crippen molar-refractivity contribution >= 4 is 40.6 Å². The molecule has 0 fully saturated rings. The Morgan fingerprint density at radius 1 is 1.14 bits per heavy atom. The number of carbonyl (C=O) groups excluding carboxylic acids is 1. The summed E-state index contributed by atoms with van der Waals surface area (Å²) in [5, 5.41) is 14.9. The van der Waals surface area contributed by atoms with Crippen LogP contribution in [0.2, 0.25) is 10.0 Å². The van der Waals surface area contributed by atoms with Crippen LogP contribution < -0.4 is 10.6 Å². The summed E-state index contributed by atoms with van der Waals surface area (Å²) < 4.78 is 44.0. The maximum absolute atomic E-state index is 13.9. The van der Waals surface area contributed by atoms with Crippen LogP contribution in [0.25, 0.3) is 0 Å². The van der Waals surface area contributed by atoms with E-state index in [0.29, 0.717) is 22.3 Å². The number of hydrogen-bond donors (Lipinski definition) is 2. The van der Waals surface area contributed by atoms with Crippen LogP contribution in [-0.4, -0.2) is 31.6 Å². The third kappa shape index (κ3) is 5.05. The van der Waals surface area contributed by atoms with E-state index in [4.69, 9.17) is 23.2 Å². The van der Waals surface area contributed by atoms with Gasteiger partial charge in [-0.3, -0.25) is 9.48 Å². The van der Waals surface area contributed by atoms with Gasteiger partial charge < -0.3 is 10.6 Å². The zero-order chi connectivity index (χ0) is 25.4. The van der Waals surface area contributed by atoms with Gasteiger partial charge in [-0.1, -0.05) is 59.6 Å². The van der Waals surface area contributed by atoms with Crippen LogP contribution in [0.3, 0.4) is 0 Å². The van der Waals surface area contributed by atoms with Gasteiger partial charge >= 0.3 is 6.18 Å². The van der Waals surface area contributed by atoms with Gasteiger partial charge in [0.1, 0.15) is 5.82 Å². The highest BCUT2D eigenvalue weighted by Gasteiger charge is 2.46. The van der Waals surface area contributed by atoms with Gasteiger partial charge in [-0.2, -0.15) is 23.4 Å². The molecule has 0 unspecified atom stereocenters. The minimum atomic E-state index is -4.53. The fourth-order valence-electron chi connectivity index (χ4n) is 4.12. The molecular formula is C24H19Cl2F3N6O. The Kier molecular flexibility index (Phi) is 6.40. The maximum atomic E-state index is 13.9. The smallest absolute Gasteiger partial charge is 0.363 e. The first-order valence-corrected chi connectivity index (χ1v) is 11.7. The second-order valence-electron chi connectivity index (χ2n) is 8.38. The largest absolute Gasteiger partial charge is 0.410 e. The molecule has 186 valence electrons. The van der Waals surface area contributed by atoms with Crippen LogP contribution in [0.4, 0.5) is 24.7 Å². The van der Waals surface area contributed by atoms with Crippen LogP contribution in [0.1, 0.15) is 40.1 Å². The molecule has 5 rings (SSSR count). The highest BCUT2D eigenvalue weighted by atomic mass is 35.5. The highest BCUT2D eigenvalue weighted by molar-refractivity contribution is 6.35. The lowest BCUT2D eigenvalue weighted by Gasteiger charge is -2.33. The number of alkyl halides is 3. The fraction of sp³-hybridized carbons (Fsp3) is 0.208. The molecule has 3 heterocycles. The van der Waals surface area contributed by atoms with Gasteiger partial charge in [0.2, 0.25) is 0 Å². The van der Waals surface area contributed by atoms with E-state index in [9.17, 15) is 18.0 Å². The van der Waals surface area contributed by atoms with Crippen molar-refractivity contribution in [3.8, 4) is 0 Å². The number of hydrogen-bond acceptors (Lipinski definition) is 4. The molecule has 0 bridgehead atoms. The predicted molar refractivity (Wildman–Crippen MR) is 130 cm³/mol. The number of carbonyl (C=O) groups is 1. The average Bonchev–Trinajstić information content (AvgIpc) is 3.47. The molecule has 4 aromatic rings. The molecule has 12 heteroatoms. The number of aromatic nitrogens is 4. The molecule has 2 aromatic carbocycles. The molecule has 7 nitrogen and oxygen atoms in total. The second kappa shape index (κ2) is 9.51. The topological polar surface area (TPSA) is 76.8 Å². The summed E-state index contributed by atoms with van der Waals surface area (Å²) in [5.74, 6) is -0.532. The number of halogens is 5. The first kappa shape index (κ1) is 24.2. The lowest BCUT2D eigenvalue weighted by molar-refractivity contribution is -0.173. The summed E-state index contributed by atoms with van der Waals surface area (Å²) in [6, 6.07) is 12.8. The van der Waals surface area contributed by atoms with E-state index in [1.54, 1.807) is 59.4 Å². The van der Waals surface area contributed by atoms with E-state index in [1.807, 2.05) is 0 Å². The fourth-order valence-corrected chi connectivity index (χ4v) is 4.59. The van der Waals surface area contributed by atoms with Gasteiger partial charge in [0.15, 0.2) is 11.7 Å². The molecule has 0 aliphatic carbocycles. The predicted octanol–water partition coefficient (Wildman–Crippen LogP) is 6.35. The lowest BCUT2D eigenvalue weighted by Crippen LogP contribution is -2.35. The molecular weight excluding hydrogens is 516 g/mol. The third-order valence-electron chi connectivity index (χ3n) is 5.86. The molecule has 0 saturated carbocycles. The number of nitrogens with zero attached hydrogens (tertiary/aromatic N) is 4. The van der Waals surface area contributed by atoms with Crippen LogP contribution in [0.15, 0.2) is 67.0 Å². The summed E-state index contributed by atoms with van der Waals surface area (Å²) in [6.07, 6.45) is -1.77. The van der Waals surface area contributed by atoms with Crippen molar-refractivity contribution in [2.45, 2.75) is 31.2 Å². The van der Waals surface area contributed by atoms with E-state index in [-0.39, 0.29) is 17.9 Å². The van der Waals surface area contributed by atoms with Gasteiger partial charge in [-0.15, -0.1) is 0 Å². The monoisotopic (exact) mass is 534 g/mol. The molecule has 2 atom stereocenters. The summed E-state index contributed by atoms with van der Waals surface area (Å²) in [5.41, 5.74) is 1.71. The molecule has 1 amide bonds. The van der Waals surface area contributed by atoms with Crippen molar-refractivity contribution in [3.05, 3.63) is 93.9 Å².